The van der Waals surface area contributed by atoms with Gasteiger partial charge in [-0.1, -0.05) is 43.2 Å². The molecule has 2 amide bonds. The number of aromatic amines is 1. The van der Waals surface area contributed by atoms with Gasteiger partial charge in [0, 0.05) is 112 Å². The summed E-state index contributed by atoms with van der Waals surface area (Å²) >= 11 is 6.25. The summed E-state index contributed by atoms with van der Waals surface area (Å²) in [6.07, 6.45) is 6.33. The first-order valence-corrected chi connectivity index (χ1v) is 24.7. The number of hydrogen-bond acceptors (Lipinski definition) is 13. The Kier molecular flexibility index (Phi) is 13.4. The number of methoxy groups -OCH3 is 1. The van der Waals surface area contributed by atoms with Gasteiger partial charge >= 0.3 is 6.09 Å². The van der Waals surface area contributed by atoms with Crippen molar-refractivity contribution in [3.63, 3.8) is 0 Å². The standard InChI is InChI=1S/C49H55ClN8O9S/c1-49(2)12-10-35(42(27-49)33-4-6-36(50)7-5-33)30-55-14-18-56(19-15-55)37-8-9-40(45(24-37)67-38-23-34-11-13-51-46(34)52-28-38)47(59)53-68(63,64)39-25-43(58(61)62)41-22-32(31-66-44(41)26-39)29-54-16-20-57(21-17-54)48(60)65-3/h4-9,11,13,23-26,28,32H,10,12,14-22,27,29-31H2,1-3H3,(H,51,52)(H,53,59)/t32-/m1/s1. The van der Waals surface area contributed by atoms with Gasteiger partial charge in [-0.15, -0.1) is 0 Å². The van der Waals surface area contributed by atoms with E-state index in [-0.39, 0.29) is 53.1 Å². The fourth-order valence-corrected chi connectivity index (χ4v) is 10.9. The van der Waals surface area contributed by atoms with Crippen molar-refractivity contribution in [2.45, 2.75) is 44.4 Å². The zero-order chi connectivity index (χ0) is 47.7. The molecule has 0 bridgehead atoms. The minimum atomic E-state index is -4.67. The number of carbonyl (C=O) groups excluding carboxylic acids is 2. The highest BCUT2D eigenvalue weighted by Crippen LogP contribution is 2.44. The summed E-state index contributed by atoms with van der Waals surface area (Å²) in [5.41, 5.74) is 5.53. The highest BCUT2D eigenvalue weighted by atomic mass is 35.5. The van der Waals surface area contributed by atoms with Crippen molar-refractivity contribution in [2.24, 2.45) is 11.3 Å². The van der Waals surface area contributed by atoms with Gasteiger partial charge in [0.05, 0.1) is 40.9 Å². The Morgan fingerprint density at radius 1 is 0.985 bits per heavy atom. The minimum absolute atomic E-state index is 0.0639. The molecule has 358 valence electrons. The molecule has 0 radical (unpaired) electrons. The molecule has 4 aliphatic rings. The summed E-state index contributed by atoms with van der Waals surface area (Å²) in [5, 5.41) is 13.9. The quantitative estimate of drug-likeness (QED) is 0.0912. The summed E-state index contributed by atoms with van der Waals surface area (Å²) < 4.78 is 47.3. The number of fused-ring (bicyclic) bond motifs is 2. The molecule has 68 heavy (non-hydrogen) atoms. The number of benzene rings is 3. The van der Waals surface area contributed by atoms with Gasteiger partial charge in [-0.3, -0.25) is 24.7 Å². The van der Waals surface area contributed by atoms with Crippen LogP contribution in [-0.4, -0.2) is 129 Å². The summed E-state index contributed by atoms with van der Waals surface area (Å²) in [6, 6.07) is 19.0. The number of piperazine rings is 2. The SMILES string of the molecule is COC(=O)N1CCN(C[C@@H]2COc3cc(S(=O)(=O)NC(=O)c4ccc(N5CCN(CC6=C(c7ccc(Cl)cc7)CC(C)(C)CC6)CC5)cc4Oc4cnc5[nH]ccc5c4)cc([N+](=O)[O-])c3C2)CC1. The molecule has 1 atom stereocenters. The Labute approximate surface area is 400 Å². The fourth-order valence-electron chi connectivity index (χ4n) is 9.75. The van der Waals surface area contributed by atoms with Crippen molar-refractivity contribution in [2.75, 3.05) is 84.1 Å². The van der Waals surface area contributed by atoms with Crippen LogP contribution in [0.2, 0.25) is 5.02 Å². The molecule has 5 heterocycles. The minimum Gasteiger partial charge on any atom is -0.493 e. The number of anilines is 1. The average molecular weight is 968 g/mol. The number of hydrogen-bond donors (Lipinski definition) is 2. The Balaban J connectivity index is 0.916. The van der Waals surface area contributed by atoms with Crippen LogP contribution in [0.5, 0.6) is 17.2 Å². The lowest BCUT2D eigenvalue weighted by Crippen LogP contribution is -2.50. The number of halogens is 1. The Morgan fingerprint density at radius 2 is 1.74 bits per heavy atom. The number of nitro groups is 1. The number of sulfonamides is 1. The summed E-state index contributed by atoms with van der Waals surface area (Å²) in [7, 11) is -3.33. The van der Waals surface area contributed by atoms with Gasteiger partial charge in [0.1, 0.15) is 22.9 Å². The average Bonchev–Trinajstić information content (AvgIpc) is 3.80. The molecular formula is C49H55ClN8O9S. The van der Waals surface area contributed by atoms with Gasteiger partial charge in [-0.05, 0) is 78.6 Å². The molecule has 2 fully saturated rings. The lowest BCUT2D eigenvalue weighted by molar-refractivity contribution is -0.386. The van der Waals surface area contributed by atoms with Crippen molar-refractivity contribution in [1.29, 1.82) is 0 Å². The third-order valence-corrected chi connectivity index (χ3v) is 15.1. The van der Waals surface area contributed by atoms with Crippen LogP contribution >= 0.6 is 11.6 Å². The van der Waals surface area contributed by atoms with Crippen molar-refractivity contribution in [1.82, 2.24) is 29.4 Å². The third-order valence-electron chi connectivity index (χ3n) is 13.5. The molecule has 1 aliphatic carbocycles. The van der Waals surface area contributed by atoms with E-state index in [2.05, 4.69) is 55.4 Å². The van der Waals surface area contributed by atoms with Crippen LogP contribution < -0.4 is 19.1 Å². The molecule has 0 spiro atoms. The first kappa shape index (κ1) is 46.9. The molecule has 19 heteroatoms. The lowest BCUT2D eigenvalue weighted by Gasteiger charge is -2.39. The number of nitrogens with zero attached hydrogens (tertiary/aromatic N) is 6. The molecule has 9 rings (SSSR count). The number of aromatic nitrogens is 2. The number of carbonyl (C=O) groups is 2. The van der Waals surface area contributed by atoms with Gasteiger partial charge in [0.25, 0.3) is 21.6 Å². The summed E-state index contributed by atoms with van der Waals surface area (Å²) in [6.45, 7) is 11.5. The third kappa shape index (κ3) is 10.4. The van der Waals surface area contributed by atoms with Crippen LogP contribution in [0.25, 0.3) is 16.6 Å². The molecule has 17 nitrogen and oxygen atoms in total. The highest BCUT2D eigenvalue weighted by Gasteiger charge is 2.35. The summed E-state index contributed by atoms with van der Waals surface area (Å²) in [4.78, 5) is 53.3. The molecule has 2 aromatic heterocycles. The van der Waals surface area contributed by atoms with E-state index < -0.39 is 31.4 Å². The molecule has 2 N–H and O–H groups in total. The predicted octanol–water partition coefficient (Wildman–Crippen LogP) is 7.76. The number of nitro benzene ring substituents is 1. The Bertz CT molecular complexity index is 2870. The van der Waals surface area contributed by atoms with E-state index in [1.54, 1.807) is 29.3 Å². The van der Waals surface area contributed by atoms with Crippen LogP contribution in [0.1, 0.15) is 54.6 Å². The van der Waals surface area contributed by atoms with E-state index in [1.165, 1.54) is 42.1 Å². The molecule has 0 unspecified atom stereocenters. The number of rotatable bonds is 12. The molecular weight excluding hydrogens is 912 g/mol. The van der Waals surface area contributed by atoms with E-state index in [9.17, 15) is 28.1 Å². The van der Waals surface area contributed by atoms with Crippen LogP contribution in [-0.2, 0) is 21.2 Å². The smallest absolute Gasteiger partial charge is 0.409 e. The molecule has 3 aromatic carbocycles. The largest absolute Gasteiger partial charge is 0.493 e. The number of H-pyrrole nitrogens is 1. The van der Waals surface area contributed by atoms with Gasteiger partial charge in [-0.25, -0.2) is 22.9 Å². The maximum absolute atomic E-state index is 14.1. The Morgan fingerprint density at radius 3 is 2.47 bits per heavy atom. The first-order chi connectivity index (χ1) is 32.6. The summed E-state index contributed by atoms with van der Waals surface area (Å²) in [5.74, 6) is -0.593. The van der Waals surface area contributed by atoms with Gasteiger partial charge in [0.15, 0.2) is 0 Å². The zero-order valence-corrected chi connectivity index (χ0v) is 39.9. The second-order valence-corrected chi connectivity index (χ2v) is 20.9. The zero-order valence-electron chi connectivity index (χ0n) is 38.3. The second-order valence-electron chi connectivity index (χ2n) is 18.8. The Hall–Kier alpha value is -6.21. The highest BCUT2D eigenvalue weighted by molar-refractivity contribution is 7.90. The maximum Gasteiger partial charge on any atom is 0.409 e. The molecule has 3 aliphatic heterocycles. The van der Waals surface area contributed by atoms with Crippen LogP contribution in [0, 0.1) is 21.4 Å². The lowest BCUT2D eigenvalue weighted by atomic mass is 9.72. The van der Waals surface area contributed by atoms with Crippen LogP contribution in [0.3, 0.4) is 0 Å². The van der Waals surface area contributed by atoms with E-state index in [4.69, 9.17) is 25.8 Å². The topological polar surface area (TPSA) is 193 Å². The molecule has 0 saturated carbocycles. The van der Waals surface area contributed by atoms with Crippen LogP contribution in [0.4, 0.5) is 16.2 Å². The number of amides is 2. The predicted molar refractivity (Wildman–Crippen MR) is 258 cm³/mol. The van der Waals surface area contributed by atoms with Crippen molar-refractivity contribution in [3.8, 4) is 17.2 Å². The van der Waals surface area contributed by atoms with Gasteiger partial charge in [0.2, 0.25) is 0 Å². The van der Waals surface area contributed by atoms with Gasteiger partial charge < -0.3 is 29.0 Å². The van der Waals surface area contributed by atoms with Gasteiger partial charge in [-0.2, -0.15) is 0 Å². The molecule has 5 aromatic rings. The number of ether oxygens (including phenoxy) is 3. The fraction of sp³-hybridized carbons (Fsp3) is 0.408. The maximum atomic E-state index is 14.1. The van der Waals surface area contributed by atoms with Crippen molar-refractivity contribution >= 4 is 61.6 Å². The second kappa shape index (κ2) is 19.4. The van der Waals surface area contributed by atoms with E-state index in [1.807, 2.05) is 18.2 Å². The number of allylic oxidation sites excluding steroid dienone is 1. The number of pyridine rings is 1. The van der Waals surface area contributed by atoms with E-state index in [0.717, 1.165) is 61.1 Å². The van der Waals surface area contributed by atoms with E-state index in [0.29, 0.717) is 57.2 Å². The monoisotopic (exact) mass is 966 g/mol. The number of nitrogens with one attached hydrogen (secondary N) is 2. The van der Waals surface area contributed by atoms with Crippen LogP contribution in [0.15, 0.2) is 89.6 Å². The first-order valence-electron chi connectivity index (χ1n) is 22.9. The van der Waals surface area contributed by atoms with Crippen molar-refractivity contribution in [3.05, 3.63) is 117 Å². The van der Waals surface area contributed by atoms with E-state index >= 15 is 0 Å². The molecule has 2 saturated heterocycles. The normalized spacial score (nSPS) is 19.0. The van der Waals surface area contributed by atoms with Crippen molar-refractivity contribution < 1.29 is 37.1 Å².